The van der Waals surface area contributed by atoms with Crippen molar-refractivity contribution in [2.45, 2.75) is 19.9 Å². The molecule has 2 nitrogen and oxygen atoms in total. The van der Waals surface area contributed by atoms with Gasteiger partial charge in [0.05, 0.1) is 4.47 Å². The molecule has 1 unspecified atom stereocenters. The average Bonchev–Trinajstić information content (AvgIpc) is 2.43. The zero-order valence-electron chi connectivity index (χ0n) is 11.8. The Hall–Kier alpha value is -1.46. The van der Waals surface area contributed by atoms with Gasteiger partial charge in [0.1, 0.15) is 23.1 Å². The van der Waals surface area contributed by atoms with Crippen LogP contribution >= 0.6 is 15.9 Å². The van der Waals surface area contributed by atoms with Crippen LogP contribution in [-0.2, 0) is 0 Å². The third-order valence-electron chi connectivity index (χ3n) is 3.06. The lowest BCUT2D eigenvalue weighted by atomic mass is 10.1. The Kier molecular flexibility index (Phi) is 5.31. The molecule has 0 fully saturated rings. The summed E-state index contributed by atoms with van der Waals surface area (Å²) in [5.74, 6) is 0.347. The van der Waals surface area contributed by atoms with Crippen molar-refractivity contribution in [2.24, 2.45) is 0 Å². The molecule has 112 valence electrons. The highest BCUT2D eigenvalue weighted by Gasteiger charge is 2.14. The third-order valence-corrected chi connectivity index (χ3v) is 3.68. The van der Waals surface area contributed by atoms with E-state index in [1.54, 1.807) is 6.07 Å². The first-order chi connectivity index (χ1) is 10.0. The molecule has 2 aromatic rings. The molecule has 0 spiro atoms. The fraction of sp³-hybridized carbons (Fsp3) is 0.250. The minimum absolute atomic E-state index is 0.0556. The Labute approximate surface area is 131 Å². The summed E-state index contributed by atoms with van der Waals surface area (Å²) in [5.41, 5.74) is 0.716. The lowest BCUT2D eigenvalue weighted by Crippen LogP contribution is -2.18. The summed E-state index contributed by atoms with van der Waals surface area (Å²) in [6, 6.07) is 8.48. The number of rotatable bonds is 5. The predicted octanol–water partition coefficient (Wildman–Crippen LogP) is 5.19. The van der Waals surface area contributed by atoms with Crippen molar-refractivity contribution in [3.63, 3.8) is 0 Å². The maximum Gasteiger partial charge on any atom is 0.141 e. The highest BCUT2D eigenvalue weighted by molar-refractivity contribution is 9.10. The molecule has 1 atom stereocenters. The van der Waals surface area contributed by atoms with E-state index in [1.807, 2.05) is 13.8 Å². The van der Waals surface area contributed by atoms with Gasteiger partial charge in [0.2, 0.25) is 0 Å². The minimum atomic E-state index is -0.352. The van der Waals surface area contributed by atoms with Gasteiger partial charge >= 0.3 is 0 Å². The molecule has 0 amide bonds. The van der Waals surface area contributed by atoms with Crippen LogP contribution in [0.3, 0.4) is 0 Å². The van der Waals surface area contributed by atoms with E-state index in [0.717, 1.165) is 6.54 Å². The molecule has 21 heavy (non-hydrogen) atoms. The number of nitrogens with one attached hydrogen (secondary N) is 1. The summed E-state index contributed by atoms with van der Waals surface area (Å²) in [4.78, 5) is 0. The predicted molar refractivity (Wildman–Crippen MR) is 82.7 cm³/mol. The largest absolute Gasteiger partial charge is 0.456 e. The molecule has 5 heteroatoms. The lowest BCUT2D eigenvalue weighted by Gasteiger charge is -2.18. The molecular formula is C16H16BrF2NO. The lowest BCUT2D eigenvalue weighted by molar-refractivity contribution is 0.455. The summed E-state index contributed by atoms with van der Waals surface area (Å²) < 4.78 is 32.9. The number of hydrogen-bond acceptors (Lipinski definition) is 2. The van der Waals surface area contributed by atoms with E-state index < -0.39 is 0 Å². The molecule has 0 radical (unpaired) electrons. The fourth-order valence-corrected chi connectivity index (χ4v) is 2.48. The Bertz CT molecular complexity index is 634. The maximum absolute atomic E-state index is 13.5. The second-order valence-corrected chi connectivity index (χ2v) is 5.49. The summed E-state index contributed by atoms with van der Waals surface area (Å²) in [5, 5.41) is 3.22. The molecule has 0 saturated carbocycles. The second-order valence-electron chi connectivity index (χ2n) is 4.64. The van der Waals surface area contributed by atoms with E-state index in [-0.39, 0.29) is 17.7 Å². The molecule has 0 aliphatic heterocycles. The topological polar surface area (TPSA) is 21.3 Å². The second kappa shape index (κ2) is 7.00. The molecule has 2 rings (SSSR count). The highest BCUT2D eigenvalue weighted by Crippen LogP contribution is 2.34. The fourth-order valence-electron chi connectivity index (χ4n) is 2.04. The number of halogens is 3. The van der Waals surface area contributed by atoms with Crippen LogP contribution in [0.4, 0.5) is 8.78 Å². The normalized spacial score (nSPS) is 12.2. The molecular weight excluding hydrogens is 340 g/mol. The molecule has 0 aromatic heterocycles. The smallest absolute Gasteiger partial charge is 0.141 e. The van der Waals surface area contributed by atoms with Gasteiger partial charge in [0.25, 0.3) is 0 Å². The van der Waals surface area contributed by atoms with Crippen LogP contribution in [0.2, 0.25) is 0 Å². The molecule has 0 bridgehead atoms. The quantitative estimate of drug-likeness (QED) is 0.796. The monoisotopic (exact) mass is 355 g/mol. The summed E-state index contributed by atoms with van der Waals surface area (Å²) >= 11 is 3.26. The van der Waals surface area contributed by atoms with Gasteiger partial charge in [-0.05, 0) is 65.8 Å². The first-order valence-corrected chi connectivity index (χ1v) is 7.46. The maximum atomic E-state index is 13.5. The van der Waals surface area contributed by atoms with Crippen LogP contribution in [0.25, 0.3) is 0 Å². The van der Waals surface area contributed by atoms with E-state index in [4.69, 9.17) is 4.74 Å². The molecule has 0 aliphatic rings. The Morgan fingerprint density at radius 1 is 1.10 bits per heavy atom. The van der Waals surface area contributed by atoms with E-state index >= 15 is 0 Å². The van der Waals surface area contributed by atoms with Gasteiger partial charge in [-0.25, -0.2) is 8.78 Å². The van der Waals surface area contributed by atoms with E-state index in [0.29, 0.717) is 21.5 Å². The third kappa shape index (κ3) is 4.02. The minimum Gasteiger partial charge on any atom is -0.456 e. The van der Waals surface area contributed by atoms with Gasteiger partial charge in [-0.1, -0.05) is 6.92 Å². The van der Waals surface area contributed by atoms with Crippen molar-refractivity contribution in [1.29, 1.82) is 0 Å². The number of hydrogen-bond donors (Lipinski definition) is 1. The van der Waals surface area contributed by atoms with Crippen LogP contribution < -0.4 is 10.1 Å². The first kappa shape index (κ1) is 15.9. The zero-order chi connectivity index (χ0) is 15.4. The van der Waals surface area contributed by atoms with Gasteiger partial charge in [-0.2, -0.15) is 0 Å². The van der Waals surface area contributed by atoms with Gasteiger partial charge < -0.3 is 10.1 Å². The van der Waals surface area contributed by atoms with Crippen molar-refractivity contribution >= 4 is 15.9 Å². The SMILES string of the molecule is CCNC(C)c1cc(F)ccc1Oc1ccc(F)cc1Br. The number of ether oxygens (including phenoxy) is 1. The highest BCUT2D eigenvalue weighted by atomic mass is 79.9. The standard InChI is InChI=1S/C16H16BrF2NO/c1-3-20-10(2)13-8-11(18)4-6-15(13)21-16-7-5-12(19)9-14(16)17/h4-10,20H,3H2,1-2H3. The van der Waals surface area contributed by atoms with Gasteiger partial charge in [-0.3, -0.25) is 0 Å². The Balaban J connectivity index is 2.34. The summed E-state index contributed by atoms with van der Waals surface area (Å²) in [6.07, 6.45) is 0. The van der Waals surface area contributed by atoms with E-state index in [9.17, 15) is 8.78 Å². The van der Waals surface area contributed by atoms with Crippen molar-refractivity contribution in [2.75, 3.05) is 6.54 Å². The van der Waals surface area contributed by atoms with Gasteiger partial charge in [-0.15, -0.1) is 0 Å². The van der Waals surface area contributed by atoms with E-state index in [2.05, 4.69) is 21.2 Å². The van der Waals surface area contributed by atoms with Crippen LogP contribution in [0.1, 0.15) is 25.5 Å². The number of benzene rings is 2. The van der Waals surface area contributed by atoms with Gasteiger partial charge in [0.15, 0.2) is 0 Å². The van der Waals surface area contributed by atoms with Crippen molar-refractivity contribution < 1.29 is 13.5 Å². The molecule has 0 saturated heterocycles. The zero-order valence-corrected chi connectivity index (χ0v) is 13.4. The van der Waals surface area contributed by atoms with Crippen LogP contribution in [-0.4, -0.2) is 6.54 Å². The summed E-state index contributed by atoms with van der Waals surface area (Å²) in [6.45, 7) is 4.68. The van der Waals surface area contributed by atoms with Crippen molar-refractivity contribution in [1.82, 2.24) is 5.32 Å². The Morgan fingerprint density at radius 2 is 1.71 bits per heavy atom. The van der Waals surface area contributed by atoms with E-state index in [1.165, 1.54) is 30.3 Å². The van der Waals surface area contributed by atoms with Crippen LogP contribution in [0.5, 0.6) is 11.5 Å². The van der Waals surface area contributed by atoms with Crippen molar-refractivity contribution in [3.05, 3.63) is 58.1 Å². The van der Waals surface area contributed by atoms with Gasteiger partial charge in [0, 0.05) is 11.6 Å². The summed E-state index contributed by atoms with van der Waals surface area (Å²) in [7, 11) is 0. The average molecular weight is 356 g/mol. The molecule has 0 aliphatic carbocycles. The van der Waals surface area contributed by atoms with Crippen LogP contribution in [0.15, 0.2) is 40.9 Å². The Morgan fingerprint density at radius 3 is 2.33 bits per heavy atom. The first-order valence-electron chi connectivity index (χ1n) is 6.67. The molecule has 1 N–H and O–H groups in total. The van der Waals surface area contributed by atoms with Crippen LogP contribution in [0, 0.1) is 11.6 Å². The molecule has 2 aromatic carbocycles. The molecule has 0 heterocycles. The van der Waals surface area contributed by atoms with Crippen molar-refractivity contribution in [3.8, 4) is 11.5 Å².